The van der Waals surface area contributed by atoms with Crippen LogP contribution in [0.4, 0.5) is 10.1 Å². The Balaban J connectivity index is 1.74. The van der Waals surface area contributed by atoms with Crippen LogP contribution >= 0.6 is 22.9 Å². The second-order valence-electron chi connectivity index (χ2n) is 4.78. The Bertz CT molecular complexity index is 878. The Morgan fingerprint density at radius 1 is 1.04 bits per heavy atom. The molecule has 0 spiro atoms. The van der Waals surface area contributed by atoms with Crippen LogP contribution in [0.3, 0.4) is 0 Å². The maximum Gasteiger partial charge on any atom is 0.286 e. The van der Waals surface area contributed by atoms with E-state index < -0.39 is 0 Å². The van der Waals surface area contributed by atoms with Crippen LogP contribution in [0.5, 0.6) is 0 Å². The molecule has 0 radical (unpaired) electrons. The maximum absolute atomic E-state index is 12.9. The van der Waals surface area contributed by atoms with Crippen LogP contribution < -0.4 is 5.32 Å². The first kappa shape index (κ1) is 16.3. The molecular weight excluding hydrogens is 349 g/mol. The third-order valence-corrected chi connectivity index (χ3v) is 4.37. The second-order valence-corrected chi connectivity index (χ2v) is 6.16. The number of amides is 1. The van der Waals surface area contributed by atoms with E-state index in [1.165, 1.54) is 12.1 Å². The Labute approximate surface area is 146 Å². The average molecular weight is 360 g/mol. The topological polar surface area (TPSA) is 54.9 Å². The van der Waals surface area contributed by atoms with Crippen molar-refractivity contribution in [2.45, 2.75) is 0 Å². The molecule has 1 heterocycles. The molecule has 0 bridgehead atoms. The third kappa shape index (κ3) is 4.04. The standard InChI is InChI=1S/C17H11ClFN3OS/c18-14(10-11-6-8-12(19)9-7-11)16-21-22-17(24-16)15(23)20-13-4-2-1-3-5-13/h1-10H,(H,20,23). The number of anilines is 1. The normalized spacial score (nSPS) is 11.3. The highest BCUT2D eigenvalue weighted by Crippen LogP contribution is 2.25. The number of aromatic nitrogens is 2. The fraction of sp³-hybridized carbons (Fsp3) is 0. The van der Waals surface area contributed by atoms with Crippen molar-refractivity contribution in [1.29, 1.82) is 0 Å². The molecule has 1 amide bonds. The minimum Gasteiger partial charge on any atom is -0.320 e. The Hall–Kier alpha value is -2.57. The zero-order chi connectivity index (χ0) is 16.9. The summed E-state index contributed by atoms with van der Waals surface area (Å²) < 4.78 is 12.9. The summed E-state index contributed by atoms with van der Waals surface area (Å²) in [7, 11) is 0. The Morgan fingerprint density at radius 3 is 2.42 bits per heavy atom. The zero-order valence-corrected chi connectivity index (χ0v) is 13.8. The minimum atomic E-state index is -0.351. The number of rotatable bonds is 4. The van der Waals surface area contributed by atoms with Gasteiger partial charge >= 0.3 is 0 Å². The first-order valence-corrected chi connectivity index (χ1v) is 8.14. The molecule has 0 saturated carbocycles. The van der Waals surface area contributed by atoms with Crippen molar-refractivity contribution in [3.05, 3.63) is 76.0 Å². The van der Waals surface area contributed by atoms with Gasteiger partial charge < -0.3 is 5.32 Å². The predicted molar refractivity (Wildman–Crippen MR) is 94.4 cm³/mol. The molecule has 120 valence electrons. The van der Waals surface area contributed by atoms with Gasteiger partial charge in [0.15, 0.2) is 5.01 Å². The van der Waals surface area contributed by atoms with Gasteiger partial charge in [-0.05, 0) is 35.9 Å². The molecule has 0 atom stereocenters. The van der Waals surface area contributed by atoms with Crippen LogP contribution in [0.25, 0.3) is 11.1 Å². The summed E-state index contributed by atoms with van der Waals surface area (Å²) in [6.45, 7) is 0. The van der Waals surface area contributed by atoms with E-state index in [9.17, 15) is 9.18 Å². The van der Waals surface area contributed by atoms with E-state index in [1.54, 1.807) is 30.3 Å². The van der Waals surface area contributed by atoms with E-state index in [-0.39, 0.29) is 16.7 Å². The highest BCUT2D eigenvalue weighted by Gasteiger charge is 2.14. The Kier molecular flexibility index (Phi) is 4.98. The van der Waals surface area contributed by atoms with Crippen molar-refractivity contribution >= 4 is 45.6 Å². The summed E-state index contributed by atoms with van der Waals surface area (Å²) >= 11 is 7.28. The fourth-order valence-electron chi connectivity index (χ4n) is 1.88. The summed E-state index contributed by atoms with van der Waals surface area (Å²) in [5, 5.41) is 11.5. The van der Waals surface area contributed by atoms with Gasteiger partial charge in [0.05, 0.1) is 5.03 Å². The number of carbonyl (C=O) groups excluding carboxylic acids is 1. The molecule has 7 heteroatoms. The van der Waals surface area contributed by atoms with Gasteiger partial charge in [-0.25, -0.2) is 4.39 Å². The van der Waals surface area contributed by atoms with Gasteiger partial charge in [0.1, 0.15) is 5.82 Å². The van der Waals surface area contributed by atoms with Crippen LogP contribution in [-0.2, 0) is 0 Å². The molecule has 0 aliphatic heterocycles. The van der Waals surface area contributed by atoms with E-state index in [0.29, 0.717) is 15.7 Å². The predicted octanol–water partition coefficient (Wildman–Crippen LogP) is 4.67. The van der Waals surface area contributed by atoms with E-state index in [4.69, 9.17) is 11.6 Å². The molecule has 0 unspecified atom stereocenters. The van der Waals surface area contributed by atoms with Crippen molar-refractivity contribution in [1.82, 2.24) is 10.2 Å². The SMILES string of the molecule is O=C(Nc1ccccc1)c1nnc(C(Cl)=Cc2ccc(F)cc2)s1. The molecule has 3 rings (SSSR count). The number of hydrogen-bond donors (Lipinski definition) is 1. The van der Waals surface area contributed by atoms with Crippen molar-refractivity contribution in [3.8, 4) is 0 Å². The van der Waals surface area contributed by atoms with Gasteiger partial charge in [-0.15, -0.1) is 10.2 Å². The first-order valence-electron chi connectivity index (χ1n) is 6.95. The van der Waals surface area contributed by atoms with E-state index in [1.807, 2.05) is 18.2 Å². The van der Waals surface area contributed by atoms with Crippen LogP contribution in [0, 0.1) is 5.82 Å². The lowest BCUT2D eigenvalue weighted by Gasteiger charge is -2.00. The van der Waals surface area contributed by atoms with Crippen molar-refractivity contribution < 1.29 is 9.18 Å². The molecular formula is C17H11ClFN3OS. The molecule has 24 heavy (non-hydrogen) atoms. The molecule has 3 aromatic rings. The molecule has 4 nitrogen and oxygen atoms in total. The van der Waals surface area contributed by atoms with Gasteiger partial charge in [-0.3, -0.25) is 4.79 Å². The van der Waals surface area contributed by atoms with Gasteiger partial charge in [0, 0.05) is 5.69 Å². The number of halogens is 2. The number of nitrogens with zero attached hydrogens (tertiary/aromatic N) is 2. The summed E-state index contributed by atoms with van der Waals surface area (Å²) in [5.41, 5.74) is 1.40. The molecule has 2 aromatic carbocycles. The largest absolute Gasteiger partial charge is 0.320 e. The summed E-state index contributed by atoms with van der Waals surface area (Å²) in [4.78, 5) is 12.1. The number of benzene rings is 2. The lowest BCUT2D eigenvalue weighted by atomic mass is 10.2. The van der Waals surface area contributed by atoms with E-state index in [0.717, 1.165) is 16.9 Å². The second kappa shape index (κ2) is 7.33. The van der Waals surface area contributed by atoms with Gasteiger partial charge in [-0.2, -0.15) is 0 Å². The third-order valence-electron chi connectivity index (χ3n) is 3.02. The quantitative estimate of drug-likeness (QED) is 0.736. The fourth-order valence-corrected chi connectivity index (χ4v) is 2.81. The van der Waals surface area contributed by atoms with Crippen molar-refractivity contribution in [3.63, 3.8) is 0 Å². The van der Waals surface area contributed by atoms with Crippen LogP contribution in [0.1, 0.15) is 20.4 Å². The van der Waals surface area contributed by atoms with Crippen LogP contribution in [0.15, 0.2) is 54.6 Å². The molecule has 1 N–H and O–H groups in total. The highest BCUT2D eigenvalue weighted by atomic mass is 35.5. The molecule has 0 fully saturated rings. The first-order chi connectivity index (χ1) is 11.6. The number of para-hydroxylation sites is 1. The van der Waals surface area contributed by atoms with Crippen molar-refractivity contribution in [2.75, 3.05) is 5.32 Å². The van der Waals surface area contributed by atoms with Gasteiger partial charge in [0.2, 0.25) is 5.01 Å². The minimum absolute atomic E-state index is 0.208. The summed E-state index contributed by atoms with van der Waals surface area (Å²) in [6, 6.07) is 14.9. The number of carbonyl (C=O) groups is 1. The summed E-state index contributed by atoms with van der Waals surface area (Å²) in [6.07, 6.45) is 1.64. The van der Waals surface area contributed by atoms with Gasteiger partial charge in [-0.1, -0.05) is 53.3 Å². The monoisotopic (exact) mass is 359 g/mol. The van der Waals surface area contributed by atoms with Crippen LogP contribution in [0.2, 0.25) is 0 Å². The molecule has 0 aliphatic carbocycles. The lowest BCUT2D eigenvalue weighted by Crippen LogP contribution is -2.11. The van der Waals surface area contributed by atoms with Gasteiger partial charge in [0.25, 0.3) is 5.91 Å². The number of nitrogens with one attached hydrogen (secondary N) is 1. The van der Waals surface area contributed by atoms with Crippen molar-refractivity contribution in [2.24, 2.45) is 0 Å². The maximum atomic E-state index is 12.9. The highest BCUT2D eigenvalue weighted by molar-refractivity contribution is 7.15. The van der Waals surface area contributed by atoms with Crippen LogP contribution in [-0.4, -0.2) is 16.1 Å². The number of hydrogen-bond acceptors (Lipinski definition) is 4. The average Bonchev–Trinajstić information content (AvgIpc) is 3.08. The molecule has 0 saturated heterocycles. The zero-order valence-electron chi connectivity index (χ0n) is 12.2. The summed E-state index contributed by atoms with van der Waals surface area (Å²) in [5.74, 6) is -0.671. The lowest BCUT2D eigenvalue weighted by molar-refractivity contribution is 0.102. The van der Waals surface area contributed by atoms with E-state index in [2.05, 4.69) is 15.5 Å². The molecule has 0 aliphatic rings. The Morgan fingerprint density at radius 2 is 1.71 bits per heavy atom. The van der Waals surface area contributed by atoms with E-state index >= 15 is 0 Å². The molecule has 1 aromatic heterocycles. The smallest absolute Gasteiger partial charge is 0.286 e.